The number of likely N-dealkylation sites (tertiary alicyclic amines) is 1. The summed E-state index contributed by atoms with van der Waals surface area (Å²) >= 11 is 0. The van der Waals surface area contributed by atoms with E-state index in [1.54, 1.807) is 6.92 Å². The standard InChI is InChI=1S/C13H24N2O3/c1-4-13(5-2)6-7-15(9-13)12(18)14-10(3)8-11(16)17/h10H,4-9H2,1-3H3,(H,14,18)(H,16,17). The smallest absolute Gasteiger partial charge is 0.317 e. The Labute approximate surface area is 109 Å². The molecule has 0 radical (unpaired) electrons. The van der Waals surface area contributed by atoms with Crippen molar-refractivity contribution in [1.82, 2.24) is 10.2 Å². The summed E-state index contributed by atoms with van der Waals surface area (Å²) in [4.78, 5) is 24.3. The van der Waals surface area contributed by atoms with Crippen LogP contribution < -0.4 is 5.32 Å². The molecule has 0 saturated carbocycles. The third-order valence-electron chi connectivity index (χ3n) is 4.08. The first kappa shape index (κ1) is 14.8. The highest BCUT2D eigenvalue weighted by molar-refractivity contribution is 5.76. The van der Waals surface area contributed by atoms with Gasteiger partial charge in [0.15, 0.2) is 0 Å². The molecular weight excluding hydrogens is 232 g/mol. The molecule has 1 aliphatic rings. The number of hydrogen-bond acceptors (Lipinski definition) is 2. The summed E-state index contributed by atoms with van der Waals surface area (Å²) in [6.45, 7) is 7.60. The quantitative estimate of drug-likeness (QED) is 0.791. The van der Waals surface area contributed by atoms with E-state index in [0.717, 1.165) is 32.4 Å². The number of hydrogen-bond donors (Lipinski definition) is 2. The van der Waals surface area contributed by atoms with Gasteiger partial charge >= 0.3 is 12.0 Å². The lowest BCUT2D eigenvalue weighted by Gasteiger charge is -2.27. The van der Waals surface area contributed by atoms with E-state index in [0.29, 0.717) is 0 Å². The molecule has 5 heteroatoms. The van der Waals surface area contributed by atoms with Gasteiger partial charge in [-0.3, -0.25) is 4.79 Å². The van der Waals surface area contributed by atoms with Gasteiger partial charge in [0.05, 0.1) is 6.42 Å². The molecule has 1 rings (SSSR count). The Bertz CT molecular complexity index is 313. The zero-order chi connectivity index (χ0) is 13.8. The van der Waals surface area contributed by atoms with Crippen molar-refractivity contribution in [1.29, 1.82) is 0 Å². The van der Waals surface area contributed by atoms with Gasteiger partial charge in [0.1, 0.15) is 0 Å². The summed E-state index contributed by atoms with van der Waals surface area (Å²) in [6.07, 6.45) is 3.17. The van der Waals surface area contributed by atoms with Crippen molar-refractivity contribution >= 4 is 12.0 Å². The second-order valence-electron chi connectivity index (χ2n) is 5.33. The van der Waals surface area contributed by atoms with E-state index in [4.69, 9.17) is 5.11 Å². The molecule has 18 heavy (non-hydrogen) atoms. The molecule has 5 nitrogen and oxygen atoms in total. The summed E-state index contributed by atoms with van der Waals surface area (Å²) in [7, 11) is 0. The fourth-order valence-electron chi connectivity index (χ4n) is 2.55. The third kappa shape index (κ3) is 3.62. The maximum absolute atomic E-state index is 12.0. The molecule has 0 aromatic heterocycles. The van der Waals surface area contributed by atoms with Crippen molar-refractivity contribution in [2.24, 2.45) is 5.41 Å². The molecule has 0 aliphatic carbocycles. The molecule has 1 aliphatic heterocycles. The molecule has 0 spiro atoms. The highest BCUT2D eigenvalue weighted by atomic mass is 16.4. The van der Waals surface area contributed by atoms with Crippen LogP contribution in [0.3, 0.4) is 0 Å². The van der Waals surface area contributed by atoms with Crippen molar-refractivity contribution in [2.45, 2.75) is 52.5 Å². The zero-order valence-corrected chi connectivity index (χ0v) is 11.5. The molecule has 104 valence electrons. The second-order valence-corrected chi connectivity index (χ2v) is 5.33. The number of amides is 2. The normalized spacial score (nSPS) is 19.6. The minimum Gasteiger partial charge on any atom is -0.481 e. The van der Waals surface area contributed by atoms with Crippen LogP contribution in [0.1, 0.15) is 46.5 Å². The Morgan fingerprint density at radius 3 is 2.44 bits per heavy atom. The van der Waals surface area contributed by atoms with Gasteiger partial charge in [-0.25, -0.2) is 4.79 Å². The maximum atomic E-state index is 12.0. The molecule has 1 unspecified atom stereocenters. The van der Waals surface area contributed by atoms with Crippen LogP contribution in [0.25, 0.3) is 0 Å². The molecule has 2 N–H and O–H groups in total. The second kappa shape index (κ2) is 6.07. The van der Waals surface area contributed by atoms with Crippen LogP contribution in [0.4, 0.5) is 4.79 Å². The predicted octanol–water partition coefficient (Wildman–Crippen LogP) is 2.07. The van der Waals surface area contributed by atoms with E-state index in [1.807, 2.05) is 4.90 Å². The number of carboxylic acid groups (broad SMARTS) is 1. The van der Waals surface area contributed by atoms with Crippen molar-refractivity contribution in [3.05, 3.63) is 0 Å². The average molecular weight is 256 g/mol. The van der Waals surface area contributed by atoms with E-state index in [1.165, 1.54) is 0 Å². The maximum Gasteiger partial charge on any atom is 0.317 e. The Kier molecular flexibility index (Phi) is 4.99. The Hall–Kier alpha value is -1.26. The van der Waals surface area contributed by atoms with Gasteiger partial charge in [-0.05, 0) is 31.6 Å². The van der Waals surface area contributed by atoms with Crippen LogP contribution in [0.15, 0.2) is 0 Å². The van der Waals surface area contributed by atoms with E-state index in [-0.39, 0.29) is 23.9 Å². The van der Waals surface area contributed by atoms with E-state index in [9.17, 15) is 9.59 Å². The highest BCUT2D eigenvalue weighted by Gasteiger charge is 2.37. The molecule has 0 aromatic rings. The van der Waals surface area contributed by atoms with Gasteiger partial charge in [-0.1, -0.05) is 13.8 Å². The average Bonchev–Trinajstić information content (AvgIpc) is 2.73. The van der Waals surface area contributed by atoms with Crippen molar-refractivity contribution in [3.63, 3.8) is 0 Å². The van der Waals surface area contributed by atoms with E-state index < -0.39 is 5.97 Å². The van der Waals surface area contributed by atoms with Gasteiger partial charge < -0.3 is 15.3 Å². The number of carbonyl (C=O) groups is 2. The third-order valence-corrected chi connectivity index (χ3v) is 4.08. The fraction of sp³-hybridized carbons (Fsp3) is 0.846. The fourth-order valence-corrected chi connectivity index (χ4v) is 2.55. The van der Waals surface area contributed by atoms with E-state index >= 15 is 0 Å². The Morgan fingerprint density at radius 1 is 1.39 bits per heavy atom. The topological polar surface area (TPSA) is 69.6 Å². The molecule has 1 atom stereocenters. The van der Waals surface area contributed by atoms with Crippen LogP contribution in [0.5, 0.6) is 0 Å². The summed E-state index contributed by atoms with van der Waals surface area (Å²) in [5, 5.41) is 11.4. The molecular formula is C13H24N2O3. The lowest BCUT2D eigenvalue weighted by atomic mass is 9.82. The van der Waals surface area contributed by atoms with Crippen LogP contribution in [0, 0.1) is 5.41 Å². The Morgan fingerprint density at radius 2 is 2.00 bits per heavy atom. The number of rotatable bonds is 5. The molecule has 1 saturated heterocycles. The summed E-state index contributed by atoms with van der Waals surface area (Å²) in [5.41, 5.74) is 0.257. The summed E-state index contributed by atoms with van der Waals surface area (Å²) in [6, 6.07) is -0.458. The minimum atomic E-state index is -0.888. The van der Waals surface area contributed by atoms with Gasteiger partial charge in [0, 0.05) is 19.1 Å². The lowest BCUT2D eigenvalue weighted by Crippen LogP contribution is -2.44. The van der Waals surface area contributed by atoms with Crippen molar-refractivity contribution in [2.75, 3.05) is 13.1 Å². The first-order chi connectivity index (χ1) is 8.42. The summed E-state index contributed by atoms with van der Waals surface area (Å²) < 4.78 is 0. The monoisotopic (exact) mass is 256 g/mol. The van der Waals surface area contributed by atoms with Gasteiger partial charge in [0.2, 0.25) is 0 Å². The van der Waals surface area contributed by atoms with Gasteiger partial charge in [-0.2, -0.15) is 0 Å². The number of nitrogens with zero attached hydrogens (tertiary/aromatic N) is 1. The van der Waals surface area contributed by atoms with Crippen molar-refractivity contribution < 1.29 is 14.7 Å². The molecule has 1 fully saturated rings. The summed E-state index contributed by atoms with van der Waals surface area (Å²) in [5.74, 6) is -0.888. The first-order valence-corrected chi connectivity index (χ1v) is 6.69. The number of nitrogens with one attached hydrogen (secondary N) is 1. The first-order valence-electron chi connectivity index (χ1n) is 6.69. The van der Waals surface area contributed by atoms with Crippen LogP contribution in [-0.2, 0) is 4.79 Å². The lowest BCUT2D eigenvalue weighted by molar-refractivity contribution is -0.137. The Balaban J connectivity index is 2.47. The molecule has 0 bridgehead atoms. The van der Waals surface area contributed by atoms with Gasteiger partial charge in [0.25, 0.3) is 0 Å². The molecule has 0 aromatic carbocycles. The SMILES string of the molecule is CCC1(CC)CCN(C(=O)NC(C)CC(=O)O)C1. The van der Waals surface area contributed by atoms with Gasteiger partial charge in [-0.15, -0.1) is 0 Å². The number of urea groups is 1. The largest absolute Gasteiger partial charge is 0.481 e. The number of aliphatic carboxylic acids is 1. The highest BCUT2D eigenvalue weighted by Crippen LogP contribution is 2.36. The number of carboxylic acids is 1. The van der Waals surface area contributed by atoms with Crippen LogP contribution in [0.2, 0.25) is 0 Å². The van der Waals surface area contributed by atoms with E-state index in [2.05, 4.69) is 19.2 Å². The molecule has 1 heterocycles. The number of carbonyl (C=O) groups excluding carboxylic acids is 1. The molecule has 2 amide bonds. The minimum absolute atomic E-state index is 0.0354. The van der Waals surface area contributed by atoms with Crippen LogP contribution in [-0.4, -0.2) is 41.1 Å². The zero-order valence-electron chi connectivity index (χ0n) is 11.5. The van der Waals surface area contributed by atoms with Crippen molar-refractivity contribution in [3.8, 4) is 0 Å². The van der Waals surface area contributed by atoms with Crippen LogP contribution >= 0.6 is 0 Å². The predicted molar refractivity (Wildman–Crippen MR) is 69.5 cm³/mol.